The third-order valence-electron chi connectivity index (χ3n) is 3.22. The lowest BCUT2D eigenvalue weighted by Gasteiger charge is -2.10. The molecule has 3 aromatic rings. The molecule has 0 bridgehead atoms. The molecule has 19 heavy (non-hydrogen) atoms. The summed E-state index contributed by atoms with van der Waals surface area (Å²) in [6.45, 7) is 2.06. The van der Waals surface area contributed by atoms with Gasteiger partial charge >= 0.3 is 0 Å². The molecule has 0 spiro atoms. The normalized spacial score (nSPS) is 10.6. The highest BCUT2D eigenvalue weighted by atomic mass is 15.2. The number of benzene rings is 1. The Morgan fingerprint density at radius 3 is 2.53 bits per heavy atom. The molecule has 0 aliphatic rings. The van der Waals surface area contributed by atoms with E-state index < -0.39 is 0 Å². The number of hydrogen-bond acceptors (Lipinski definition) is 4. The Hall–Kier alpha value is -2.49. The second-order valence-corrected chi connectivity index (χ2v) is 4.38. The van der Waals surface area contributed by atoms with Crippen LogP contribution in [0.3, 0.4) is 0 Å². The van der Waals surface area contributed by atoms with E-state index in [0.29, 0.717) is 0 Å². The quantitative estimate of drug-likeness (QED) is 0.759. The van der Waals surface area contributed by atoms with E-state index in [1.807, 2.05) is 37.5 Å². The van der Waals surface area contributed by atoms with Crippen LogP contribution in [0.1, 0.15) is 5.56 Å². The molecule has 0 fully saturated rings. The topological polar surface area (TPSA) is 50.7 Å². The highest BCUT2D eigenvalue weighted by Gasteiger charge is 2.11. The van der Waals surface area contributed by atoms with Crippen molar-refractivity contribution in [2.45, 2.75) is 6.92 Å². The van der Waals surface area contributed by atoms with Crippen LogP contribution < -0.4 is 5.32 Å². The van der Waals surface area contributed by atoms with Gasteiger partial charge in [-0.05, 0) is 18.6 Å². The van der Waals surface area contributed by atoms with Gasteiger partial charge in [0, 0.05) is 35.8 Å². The molecule has 4 nitrogen and oxygen atoms in total. The SMILES string of the molecule is CNc1nnc(-c2cnccc2C)c2ccccc12. The first-order valence-electron chi connectivity index (χ1n) is 6.15. The van der Waals surface area contributed by atoms with Crippen LogP contribution in [0.2, 0.25) is 0 Å². The zero-order valence-electron chi connectivity index (χ0n) is 10.9. The van der Waals surface area contributed by atoms with E-state index in [1.165, 1.54) is 0 Å². The Morgan fingerprint density at radius 1 is 1.00 bits per heavy atom. The summed E-state index contributed by atoms with van der Waals surface area (Å²) in [5.41, 5.74) is 3.04. The van der Waals surface area contributed by atoms with Crippen LogP contribution in [0.25, 0.3) is 22.0 Å². The Kier molecular flexibility index (Phi) is 2.83. The average molecular weight is 250 g/mol. The Labute approximate surface area is 111 Å². The minimum Gasteiger partial charge on any atom is -0.371 e. The predicted octanol–water partition coefficient (Wildman–Crippen LogP) is 3.04. The fourth-order valence-corrected chi connectivity index (χ4v) is 2.20. The molecule has 0 amide bonds. The molecule has 0 atom stereocenters. The fourth-order valence-electron chi connectivity index (χ4n) is 2.20. The van der Waals surface area contributed by atoms with Crippen molar-refractivity contribution in [2.24, 2.45) is 0 Å². The minimum atomic E-state index is 0.792. The van der Waals surface area contributed by atoms with Gasteiger partial charge in [0.05, 0.1) is 0 Å². The lowest BCUT2D eigenvalue weighted by atomic mass is 10.0. The van der Waals surface area contributed by atoms with Crippen molar-refractivity contribution in [1.82, 2.24) is 15.2 Å². The highest BCUT2D eigenvalue weighted by molar-refractivity contribution is 6.00. The number of aryl methyl sites for hydroxylation is 1. The van der Waals surface area contributed by atoms with Gasteiger partial charge in [-0.25, -0.2) is 0 Å². The van der Waals surface area contributed by atoms with Crippen molar-refractivity contribution in [2.75, 3.05) is 12.4 Å². The van der Waals surface area contributed by atoms with Gasteiger partial charge in [0.1, 0.15) is 5.69 Å². The lowest BCUT2D eigenvalue weighted by molar-refractivity contribution is 1.05. The number of aromatic nitrogens is 3. The highest BCUT2D eigenvalue weighted by Crippen LogP contribution is 2.30. The first kappa shape index (κ1) is 11.6. The van der Waals surface area contributed by atoms with Gasteiger partial charge in [-0.2, -0.15) is 0 Å². The number of hydrogen-bond donors (Lipinski definition) is 1. The van der Waals surface area contributed by atoms with Crippen LogP contribution >= 0.6 is 0 Å². The molecule has 2 heterocycles. The first-order chi connectivity index (χ1) is 9.31. The maximum atomic E-state index is 4.36. The van der Waals surface area contributed by atoms with Gasteiger partial charge in [0.2, 0.25) is 0 Å². The summed E-state index contributed by atoms with van der Waals surface area (Å²) in [7, 11) is 1.85. The third-order valence-corrected chi connectivity index (χ3v) is 3.22. The second kappa shape index (κ2) is 4.65. The second-order valence-electron chi connectivity index (χ2n) is 4.38. The smallest absolute Gasteiger partial charge is 0.156 e. The summed E-state index contributed by atoms with van der Waals surface area (Å²) in [5.74, 6) is 0.792. The average Bonchev–Trinajstić information content (AvgIpc) is 2.47. The molecule has 0 unspecified atom stereocenters. The molecule has 3 rings (SSSR count). The molecule has 1 aromatic carbocycles. The van der Waals surface area contributed by atoms with Crippen molar-refractivity contribution in [1.29, 1.82) is 0 Å². The van der Waals surface area contributed by atoms with Crippen LogP contribution in [0.4, 0.5) is 5.82 Å². The molecule has 0 aliphatic heterocycles. The lowest BCUT2D eigenvalue weighted by Crippen LogP contribution is -1.99. The van der Waals surface area contributed by atoms with Crippen LogP contribution in [0, 0.1) is 6.92 Å². The molecule has 0 saturated carbocycles. The van der Waals surface area contributed by atoms with Crippen molar-refractivity contribution >= 4 is 16.6 Å². The van der Waals surface area contributed by atoms with E-state index in [1.54, 1.807) is 6.20 Å². The number of nitrogens with one attached hydrogen (secondary N) is 1. The van der Waals surface area contributed by atoms with Crippen LogP contribution in [-0.4, -0.2) is 22.2 Å². The third kappa shape index (κ3) is 1.91. The molecule has 0 aliphatic carbocycles. The van der Waals surface area contributed by atoms with Crippen molar-refractivity contribution < 1.29 is 0 Å². The molecule has 0 saturated heterocycles. The van der Waals surface area contributed by atoms with E-state index in [-0.39, 0.29) is 0 Å². The van der Waals surface area contributed by atoms with Gasteiger partial charge in [-0.3, -0.25) is 4.98 Å². The summed E-state index contributed by atoms with van der Waals surface area (Å²) in [6, 6.07) is 10.1. The summed E-state index contributed by atoms with van der Waals surface area (Å²) >= 11 is 0. The number of pyridine rings is 1. The van der Waals surface area contributed by atoms with E-state index in [9.17, 15) is 0 Å². The summed E-state index contributed by atoms with van der Waals surface area (Å²) in [6.07, 6.45) is 3.63. The van der Waals surface area contributed by atoms with E-state index in [2.05, 4.69) is 33.5 Å². The zero-order chi connectivity index (χ0) is 13.2. The first-order valence-corrected chi connectivity index (χ1v) is 6.15. The standard InChI is InChI=1S/C15H14N4/c1-10-7-8-17-9-13(10)14-11-5-3-4-6-12(11)15(16-2)19-18-14/h3-9H,1-2H3,(H,16,19). The molecular weight excluding hydrogens is 236 g/mol. The zero-order valence-corrected chi connectivity index (χ0v) is 10.9. The minimum absolute atomic E-state index is 0.792. The molecule has 0 radical (unpaired) electrons. The van der Waals surface area contributed by atoms with Crippen molar-refractivity contribution in [3.05, 3.63) is 48.3 Å². The summed E-state index contributed by atoms with van der Waals surface area (Å²) < 4.78 is 0. The van der Waals surface area contributed by atoms with Gasteiger partial charge in [0.15, 0.2) is 5.82 Å². The Bertz CT molecular complexity index is 737. The van der Waals surface area contributed by atoms with Crippen LogP contribution in [0.5, 0.6) is 0 Å². The van der Waals surface area contributed by atoms with E-state index in [4.69, 9.17) is 0 Å². The van der Waals surface area contributed by atoms with E-state index in [0.717, 1.165) is 33.4 Å². The fraction of sp³-hybridized carbons (Fsp3) is 0.133. The van der Waals surface area contributed by atoms with Crippen molar-refractivity contribution in [3.63, 3.8) is 0 Å². The number of nitrogens with zero attached hydrogens (tertiary/aromatic N) is 3. The summed E-state index contributed by atoms with van der Waals surface area (Å²) in [4.78, 5) is 4.19. The molecule has 1 N–H and O–H groups in total. The predicted molar refractivity (Wildman–Crippen MR) is 77.1 cm³/mol. The van der Waals surface area contributed by atoms with Crippen molar-refractivity contribution in [3.8, 4) is 11.3 Å². The Balaban J connectivity index is 2.35. The summed E-state index contributed by atoms with van der Waals surface area (Å²) in [5, 5.41) is 13.8. The van der Waals surface area contributed by atoms with Gasteiger partial charge < -0.3 is 5.32 Å². The molecule has 94 valence electrons. The van der Waals surface area contributed by atoms with Gasteiger partial charge in [-0.1, -0.05) is 24.3 Å². The molecule has 4 heteroatoms. The van der Waals surface area contributed by atoms with Gasteiger partial charge in [-0.15, -0.1) is 10.2 Å². The van der Waals surface area contributed by atoms with E-state index >= 15 is 0 Å². The molecule has 2 aromatic heterocycles. The van der Waals surface area contributed by atoms with Gasteiger partial charge in [0.25, 0.3) is 0 Å². The molecular formula is C15H14N4. The van der Waals surface area contributed by atoms with Crippen LogP contribution in [-0.2, 0) is 0 Å². The Morgan fingerprint density at radius 2 is 1.79 bits per heavy atom. The largest absolute Gasteiger partial charge is 0.371 e. The number of fused-ring (bicyclic) bond motifs is 1. The maximum Gasteiger partial charge on any atom is 0.156 e. The number of rotatable bonds is 2. The number of anilines is 1. The monoisotopic (exact) mass is 250 g/mol. The van der Waals surface area contributed by atoms with Crippen LogP contribution in [0.15, 0.2) is 42.7 Å². The maximum absolute atomic E-state index is 4.36.